The number of benzene rings is 1. The Balaban J connectivity index is 1.68. The molecule has 0 heterocycles. The van der Waals surface area contributed by atoms with Crippen LogP contribution in [-0.4, -0.2) is 29.4 Å². The highest BCUT2D eigenvalue weighted by atomic mass is 32.2. The molecule has 2 aliphatic rings. The first-order chi connectivity index (χ1) is 15.1. The number of hydrogen-bond donors (Lipinski definition) is 0. The summed E-state index contributed by atoms with van der Waals surface area (Å²) in [6, 6.07) is 10.5. The fourth-order valence-corrected chi connectivity index (χ4v) is 10.6. The summed E-state index contributed by atoms with van der Waals surface area (Å²) in [5, 5.41) is 0. The molecule has 0 radical (unpaired) electrons. The van der Waals surface area contributed by atoms with Crippen molar-refractivity contribution < 1.29 is 17.0 Å². The molecule has 0 bridgehead atoms. The molecule has 0 N–H and O–H groups in total. The van der Waals surface area contributed by atoms with Gasteiger partial charge in [0.15, 0.2) is 8.32 Å². The first-order valence-corrected chi connectivity index (χ1v) is 16.7. The summed E-state index contributed by atoms with van der Waals surface area (Å²) in [6.07, 6.45) is 6.35. The standard InChI is InChI=1S/C26H44O4SSi/c1-7-32(8-2,9-3)30-25-11-10-18-26(6)23(16-17-24(25)26)21(5)19-29-31(27,28)22-14-12-20(4)13-15-22/h12-15,21,23-25H,7-11,16-19H2,1-6H3. The minimum absolute atomic E-state index is 0.203. The summed E-state index contributed by atoms with van der Waals surface area (Å²) >= 11 is 0. The van der Waals surface area contributed by atoms with Crippen LogP contribution in [0.2, 0.25) is 18.1 Å². The van der Waals surface area contributed by atoms with Gasteiger partial charge in [0.1, 0.15) is 0 Å². The van der Waals surface area contributed by atoms with Gasteiger partial charge in [-0.05, 0) is 86.0 Å². The molecule has 1 aromatic carbocycles. The molecule has 0 amide bonds. The molecule has 32 heavy (non-hydrogen) atoms. The fraction of sp³-hybridized carbons (Fsp3) is 0.769. The summed E-state index contributed by atoms with van der Waals surface area (Å²) in [5.41, 5.74) is 1.26. The Morgan fingerprint density at radius 3 is 2.28 bits per heavy atom. The fourth-order valence-electron chi connectivity index (χ4n) is 6.64. The maximum Gasteiger partial charge on any atom is 0.296 e. The van der Waals surface area contributed by atoms with Crippen molar-refractivity contribution in [3.63, 3.8) is 0 Å². The quantitative estimate of drug-likeness (QED) is 0.269. The third-order valence-electron chi connectivity index (χ3n) is 8.95. The van der Waals surface area contributed by atoms with Crippen LogP contribution in [0.25, 0.3) is 0 Å². The second kappa shape index (κ2) is 10.3. The van der Waals surface area contributed by atoms with E-state index >= 15 is 0 Å². The topological polar surface area (TPSA) is 52.6 Å². The van der Waals surface area contributed by atoms with Crippen molar-refractivity contribution in [1.82, 2.24) is 0 Å². The zero-order valence-corrected chi connectivity index (χ0v) is 22.8. The molecular formula is C26H44O4SSi. The second-order valence-electron chi connectivity index (χ2n) is 10.6. The van der Waals surface area contributed by atoms with Gasteiger partial charge in [-0.25, -0.2) is 0 Å². The largest absolute Gasteiger partial charge is 0.414 e. The number of fused-ring (bicyclic) bond motifs is 1. The van der Waals surface area contributed by atoms with E-state index < -0.39 is 18.4 Å². The maximum atomic E-state index is 12.7. The van der Waals surface area contributed by atoms with Crippen molar-refractivity contribution in [2.45, 2.75) is 103 Å². The molecule has 0 aliphatic heterocycles. The third kappa shape index (κ3) is 5.18. The van der Waals surface area contributed by atoms with Gasteiger partial charge in [0, 0.05) is 6.10 Å². The zero-order valence-electron chi connectivity index (χ0n) is 21.0. The summed E-state index contributed by atoms with van der Waals surface area (Å²) in [5.74, 6) is 1.27. The molecule has 5 unspecified atom stereocenters. The predicted molar refractivity (Wildman–Crippen MR) is 134 cm³/mol. The molecule has 5 atom stereocenters. The van der Waals surface area contributed by atoms with Gasteiger partial charge in [-0.15, -0.1) is 0 Å². The molecule has 182 valence electrons. The van der Waals surface area contributed by atoms with E-state index in [9.17, 15) is 8.42 Å². The molecule has 3 rings (SSSR count). The summed E-state index contributed by atoms with van der Waals surface area (Å²) < 4.78 is 38.0. The van der Waals surface area contributed by atoms with Crippen LogP contribution in [-0.2, 0) is 18.7 Å². The molecule has 2 saturated carbocycles. The Labute approximate surface area is 197 Å². The van der Waals surface area contributed by atoms with Gasteiger partial charge >= 0.3 is 0 Å². The lowest BCUT2D eigenvalue weighted by Gasteiger charge is -2.48. The number of aryl methyl sites for hydroxylation is 1. The number of rotatable bonds is 10. The first kappa shape index (κ1) is 25.9. The van der Waals surface area contributed by atoms with Gasteiger partial charge in [-0.2, -0.15) is 8.42 Å². The molecule has 2 fully saturated rings. The van der Waals surface area contributed by atoms with E-state index in [1.54, 1.807) is 12.1 Å². The van der Waals surface area contributed by atoms with E-state index in [1.165, 1.54) is 43.8 Å². The first-order valence-electron chi connectivity index (χ1n) is 12.7. The van der Waals surface area contributed by atoms with Crippen molar-refractivity contribution >= 4 is 18.4 Å². The van der Waals surface area contributed by atoms with Gasteiger partial charge < -0.3 is 4.43 Å². The lowest BCUT2D eigenvalue weighted by molar-refractivity contribution is -0.0236. The van der Waals surface area contributed by atoms with E-state index in [0.29, 0.717) is 17.9 Å². The van der Waals surface area contributed by atoms with Crippen LogP contribution in [0, 0.1) is 30.1 Å². The normalized spacial score (nSPS) is 29.6. The van der Waals surface area contributed by atoms with Crippen molar-refractivity contribution in [2.75, 3.05) is 6.61 Å². The average molecular weight is 481 g/mol. The Bertz CT molecular complexity index is 841. The number of hydrogen-bond acceptors (Lipinski definition) is 4. The third-order valence-corrected chi connectivity index (χ3v) is 14.9. The zero-order chi connectivity index (χ0) is 23.6. The van der Waals surface area contributed by atoms with Gasteiger partial charge in [-0.3, -0.25) is 4.18 Å². The lowest BCUT2D eigenvalue weighted by Crippen LogP contribution is -2.48. The minimum atomic E-state index is -3.71. The second-order valence-corrected chi connectivity index (χ2v) is 17.0. The van der Waals surface area contributed by atoms with Crippen LogP contribution < -0.4 is 0 Å². The van der Waals surface area contributed by atoms with Crippen molar-refractivity contribution in [1.29, 1.82) is 0 Å². The Hall–Kier alpha value is -0.693. The van der Waals surface area contributed by atoms with E-state index in [1.807, 2.05) is 19.1 Å². The van der Waals surface area contributed by atoms with Crippen molar-refractivity contribution in [3.05, 3.63) is 29.8 Å². The smallest absolute Gasteiger partial charge is 0.296 e. The van der Waals surface area contributed by atoms with E-state index in [0.717, 1.165) is 12.0 Å². The monoisotopic (exact) mass is 480 g/mol. The molecular weight excluding hydrogens is 436 g/mol. The summed E-state index contributed by atoms with van der Waals surface area (Å²) in [4.78, 5) is 0.247. The van der Waals surface area contributed by atoms with E-state index in [-0.39, 0.29) is 22.8 Å². The molecule has 0 aromatic heterocycles. The highest BCUT2D eigenvalue weighted by Crippen LogP contribution is 2.58. The Morgan fingerprint density at radius 1 is 1.06 bits per heavy atom. The van der Waals surface area contributed by atoms with Crippen LogP contribution in [0.15, 0.2) is 29.2 Å². The van der Waals surface area contributed by atoms with Gasteiger partial charge in [0.05, 0.1) is 11.5 Å². The Kier molecular flexibility index (Phi) is 8.33. The average Bonchev–Trinajstić information content (AvgIpc) is 3.14. The molecule has 6 heteroatoms. The van der Waals surface area contributed by atoms with Gasteiger partial charge in [0.2, 0.25) is 0 Å². The van der Waals surface area contributed by atoms with Gasteiger partial charge in [-0.1, -0.05) is 58.7 Å². The van der Waals surface area contributed by atoms with Crippen LogP contribution in [0.3, 0.4) is 0 Å². The van der Waals surface area contributed by atoms with Gasteiger partial charge in [0.25, 0.3) is 10.1 Å². The van der Waals surface area contributed by atoms with Crippen LogP contribution in [0.5, 0.6) is 0 Å². The molecule has 1 aromatic rings. The van der Waals surface area contributed by atoms with Crippen LogP contribution in [0.4, 0.5) is 0 Å². The summed E-state index contributed by atoms with van der Waals surface area (Å²) in [6.45, 7) is 13.8. The van der Waals surface area contributed by atoms with Crippen LogP contribution >= 0.6 is 0 Å². The Morgan fingerprint density at radius 2 is 1.69 bits per heavy atom. The lowest BCUT2D eigenvalue weighted by atomic mass is 9.62. The SMILES string of the molecule is CC[Si](CC)(CC)OC1CCCC2(C)C(C(C)COS(=O)(=O)c3ccc(C)cc3)CCC12. The van der Waals surface area contributed by atoms with E-state index in [4.69, 9.17) is 8.61 Å². The summed E-state index contributed by atoms with van der Waals surface area (Å²) in [7, 11) is -5.35. The molecule has 0 spiro atoms. The van der Waals surface area contributed by atoms with Crippen molar-refractivity contribution in [3.8, 4) is 0 Å². The molecule has 2 aliphatic carbocycles. The minimum Gasteiger partial charge on any atom is -0.414 e. The van der Waals surface area contributed by atoms with E-state index in [2.05, 4.69) is 34.6 Å². The maximum absolute atomic E-state index is 12.7. The highest BCUT2D eigenvalue weighted by molar-refractivity contribution is 7.86. The molecule has 0 saturated heterocycles. The highest BCUT2D eigenvalue weighted by Gasteiger charge is 2.54. The molecule has 4 nitrogen and oxygen atoms in total. The van der Waals surface area contributed by atoms with Crippen LogP contribution in [0.1, 0.15) is 72.3 Å². The van der Waals surface area contributed by atoms with Crippen molar-refractivity contribution in [2.24, 2.45) is 23.2 Å². The predicted octanol–water partition coefficient (Wildman–Crippen LogP) is 6.94.